The fourth-order valence-electron chi connectivity index (χ4n) is 3.63. The fourth-order valence-corrected chi connectivity index (χ4v) is 5.86. The predicted molar refractivity (Wildman–Crippen MR) is 136 cm³/mol. The molecule has 0 fully saturated rings. The maximum Gasteiger partial charge on any atom is 0.125 e. The molecule has 5 heteroatoms. The van der Waals surface area contributed by atoms with Crippen LogP contribution < -0.4 is 4.72 Å². The third-order valence-corrected chi connectivity index (χ3v) is 8.21. The molecule has 0 aromatic heterocycles. The lowest BCUT2D eigenvalue weighted by Gasteiger charge is -2.20. The summed E-state index contributed by atoms with van der Waals surface area (Å²) in [7, 11) is -2.67. The highest BCUT2D eigenvalue weighted by Gasteiger charge is 2.20. The molecular formula is C28H27NO2S2. The third kappa shape index (κ3) is 5.93. The van der Waals surface area contributed by atoms with Crippen molar-refractivity contribution in [3.05, 3.63) is 125 Å². The lowest BCUT2D eigenvalue weighted by atomic mass is 10.00. The highest BCUT2D eigenvalue weighted by atomic mass is 32.2. The first kappa shape index (κ1) is 23.3. The summed E-state index contributed by atoms with van der Waals surface area (Å²) in [5.41, 5.74) is 4.27. The summed E-state index contributed by atoms with van der Waals surface area (Å²) in [6.07, 6.45) is 0.565. The van der Waals surface area contributed by atoms with E-state index in [-0.39, 0.29) is 6.04 Å². The minimum absolute atomic E-state index is 0.204. The Labute approximate surface area is 200 Å². The molecule has 0 bridgehead atoms. The van der Waals surface area contributed by atoms with Gasteiger partial charge in [0.1, 0.15) is 11.0 Å². The molecule has 33 heavy (non-hydrogen) atoms. The molecule has 0 aliphatic heterocycles. The van der Waals surface area contributed by atoms with Crippen molar-refractivity contribution in [1.29, 1.82) is 0 Å². The lowest BCUT2D eigenvalue weighted by molar-refractivity contribution is 0.620. The van der Waals surface area contributed by atoms with Crippen molar-refractivity contribution < 1.29 is 8.42 Å². The van der Waals surface area contributed by atoms with Crippen molar-refractivity contribution in [2.45, 2.75) is 41.0 Å². The SMILES string of the molecule is Cc1ccc([S@](=O)c2ccccc2C[C@H](N[S@@](=O)c2ccc(C)cc2)c2ccccc2)cc1. The topological polar surface area (TPSA) is 46.2 Å². The van der Waals surface area contributed by atoms with Crippen LogP contribution in [0.25, 0.3) is 0 Å². The van der Waals surface area contributed by atoms with Gasteiger partial charge in [0.2, 0.25) is 0 Å². The first-order chi connectivity index (χ1) is 16.0. The van der Waals surface area contributed by atoms with Gasteiger partial charge in [-0.05, 0) is 61.7 Å². The van der Waals surface area contributed by atoms with Gasteiger partial charge in [-0.1, -0.05) is 83.9 Å². The van der Waals surface area contributed by atoms with Crippen molar-refractivity contribution in [3.63, 3.8) is 0 Å². The molecular weight excluding hydrogens is 446 g/mol. The van der Waals surface area contributed by atoms with Crippen LogP contribution in [0.3, 0.4) is 0 Å². The van der Waals surface area contributed by atoms with Crippen LogP contribution >= 0.6 is 0 Å². The number of aryl methyl sites for hydroxylation is 2. The Balaban J connectivity index is 1.64. The average molecular weight is 474 g/mol. The van der Waals surface area contributed by atoms with Crippen LogP contribution in [0.2, 0.25) is 0 Å². The molecule has 4 rings (SSSR count). The van der Waals surface area contributed by atoms with Gasteiger partial charge in [-0.3, -0.25) is 0 Å². The summed E-state index contributed by atoms with van der Waals surface area (Å²) in [6.45, 7) is 4.03. The summed E-state index contributed by atoms with van der Waals surface area (Å²) >= 11 is 0. The average Bonchev–Trinajstić information content (AvgIpc) is 2.85. The summed E-state index contributed by atoms with van der Waals surface area (Å²) in [5.74, 6) is 0. The van der Waals surface area contributed by atoms with E-state index in [1.54, 1.807) is 0 Å². The zero-order valence-electron chi connectivity index (χ0n) is 18.7. The van der Waals surface area contributed by atoms with E-state index < -0.39 is 21.8 Å². The van der Waals surface area contributed by atoms with Crippen LogP contribution in [-0.2, 0) is 28.2 Å². The van der Waals surface area contributed by atoms with Gasteiger partial charge in [-0.2, -0.15) is 0 Å². The lowest BCUT2D eigenvalue weighted by Crippen LogP contribution is -2.26. The summed E-state index contributed by atoms with van der Waals surface area (Å²) < 4.78 is 29.8. The van der Waals surface area contributed by atoms with Crippen LogP contribution in [0.5, 0.6) is 0 Å². The Kier molecular flexibility index (Phi) is 7.65. The second-order valence-corrected chi connectivity index (χ2v) is 10.7. The molecule has 0 heterocycles. The van der Waals surface area contributed by atoms with E-state index in [9.17, 15) is 8.42 Å². The maximum atomic E-state index is 13.4. The minimum Gasteiger partial charge on any atom is -0.249 e. The van der Waals surface area contributed by atoms with E-state index in [4.69, 9.17) is 0 Å². The van der Waals surface area contributed by atoms with Gasteiger partial charge in [0.05, 0.1) is 15.7 Å². The van der Waals surface area contributed by atoms with E-state index in [1.165, 1.54) is 0 Å². The number of hydrogen-bond donors (Lipinski definition) is 1. The molecule has 0 spiro atoms. The molecule has 4 aromatic rings. The molecule has 0 saturated carbocycles. The maximum absolute atomic E-state index is 13.4. The minimum atomic E-state index is -1.38. The Morgan fingerprint density at radius 3 is 1.85 bits per heavy atom. The van der Waals surface area contributed by atoms with E-state index in [0.29, 0.717) is 6.42 Å². The molecule has 0 amide bonds. The molecule has 3 nitrogen and oxygen atoms in total. The quantitative estimate of drug-likeness (QED) is 0.338. The van der Waals surface area contributed by atoms with Gasteiger partial charge in [0.25, 0.3) is 0 Å². The van der Waals surface area contributed by atoms with E-state index >= 15 is 0 Å². The summed E-state index contributed by atoms with van der Waals surface area (Å²) in [6, 6.07) is 33.1. The monoisotopic (exact) mass is 473 g/mol. The van der Waals surface area contributed by atoms with Gasteiger partial charge in [0.15, 0.2) is 0 Å². The number of benzene rings is 4. The number of nitrogens with one attached hydrogen (secondary N) is 1. The largest absolute Gasteiger partial charge is 0.249 e. The van der Waals surface area contributed by atoms with Crippen molar-refractivity contribution in [2.75, 3.05) is 0 Å². The van der Waals surface area contributed by atoms with Crippen LogP contribution in [0, 0.1) is 13.8 Å². The molecule has 168 valence electrons. The zero-order valence-corrected chi connectivity index (χ0v) is 20.4. The molecule has 4 aromatic carbocycles. The number of rotatable bonds is 8. The zero-order chi connectivity index (χ0) is 23.2. The standard InChI is InChI=1S/C28H27NO2S2/c1-21-12-16-25(17-13-21)32(30)28-11-7-6-10-24(28)20-27(23-8-4-3-5-9-23)29-33(31)26-18-14-22(2)15-19-26/h3-19,27,29H,20H2,1-2H3/t27-,32-,33-/m0/s1. The van der Waals surface area contributed by atoms with Crippen molar-refractivity contribution in [3.8, 4) is 0 Å². The van der Waals surface area contributed by atoms with Crippen molar-refractivity contribution >= 4 is 21.8 Å². The van der Waals surface area contributed by atoms with Crippen molar-refractivity contribution in [2.24, 2.45) is 0 Å². The highest BCUT2D eigenvalue weighted by molar-refractivity contribution is 7.85. The molecule has 1 N–H and O–H groups in total. The first-order valence-electron chi connectivity index (χ1n) is 10.9. The smallest absolute Gasteiger partial charge is 0.125 e. The normalized spacial score (nSPS) is 13.9. The molecule has 0 aliphatic rings. The number of hydrogen-bond acceptors (Lipinski definition) is 2. The summed E-state index contributed by atoms with van der Waals surface area (Å²) in [4.78, 5) is 2.30. The molecule has 0 unspecified atom stereocenters. The Hall–Kier alpha value is -2.86. The van der Waals surface area contributed by atoms with Gasteiger partial charge in [-0.15, -0.1) is 0 Å². The van der Waals surface area contributed by atoms with E-state index in [0.717, 1.165) is 36.9 Å². The van der Waals surface area contributed by atoms with Gasteiger partial charge in [-0.25, -0.2) is 13.1 Å². The molecule has 3 atom stereocenters. The first-order valence-corrected chi connectivity index (χ1v) is 13.2. The second kappa shape index (κ2) is 10.8. The fraction of sp³-hybridized carbons (Fsp3) is 0.143. The van der Waals surface area contributed by atoms with Gasteiger partial charge < -0.3 is 0 Å². The third-order valence-electron chi connectivity index (χ3n) is 5.52. The highest BCUT2D eigenvalue weighted by Crippen LogP contribution is 2.26. The Bertz CT molecular complexity index is 1250. The predicted octanol–water partition coefficient (Wildman–Crippen LogP) is 6.07. The Morgan fingerprint density at radius 1 is 0.667 bits per heavy atom. The molecule has 0 radical (unpaired) electrons. The molecule has 0 saturated heterocycles. The van der Waals surface area contributed by atoms with Gasteiger partial charge in [0, 0.05) is 15.8 Å². The second-order valence-electron chi connectivity index (χ2n) is 8.06. The Morgan fingerprint density at radius 2 is 1.21 bits per heavy atom. The van der Waals surface area contributed by atoms with E-state index in [1.807, 2.05) is 117 Å². The van der Waals surface area contributed by atoms with Crippen LogP contribution in [0.1, 0.15) is 28.3 Å². The van der Waals surface area contributed by atoms with Crippen LogP contribution in [-0.4, -0.2) is 8.42 Å². The van der Waals surface area contributed by atoms with Crippen LogP contribution in [0.15, 0.2) is 118 Å². The van der Waals surface area contributed by atoms with Crippen molar-refractivity contribution in [1.82, 2.24) is 4.72 Å². The summed E-state index contributed by atoms with van der Waals surface area (Å²) in [5, 5.41) is 0. The van der Waals surface area contributed by atoms with E-state index in [2.05, 4.69) is 4.72 Å². The van der Waals surface area contributed by atoms with Crippen LogP contribution in [0.4, 0.5) is 0 Å². The van der Waals surface area contributed by atoms with Gasteiger partial charge >= 0.3 is 0 Å². The molecule has 0 aliphatic carbocycles.